The number of fused-ring (bicyclic) bond motifs is 1. The zero-order chi connectivity index (χ0) is 15.0. The molecular weight excluding hydrogens is 326 g/mol. The standard InChI is InChI=1S/C18H26BrNO/c1-4-21-17-11-16(18(17,2)3)20-15-8-6-12-9-14(19)7-5-13(12)10-15/h5,7,9,15-17,20H,4,6,8,10-11H2,1-3H3. The maximum absolute atomic E-state index is 5.84. The van der Waals surface area contributed by atoms with Crippen LogP contribution in [-0.2, 0) is 17.6 Å². The molecule has 3 rings (SSSR count). The Kier molecular flexibility index (Phi) is 4.45. The van der Waals surface area contributed by atoms with E-state index in [9.17, 15) is 0 Å². The average molecular weight is 352 g/mol. The van der Waals surface area contributed by atoms with Crippen LogP contribution in [0.15, 0.2) is 22.7 Å². The maximum atomic E-state index is 5.84. The molecule has 1 aromatic carbocycles. The molecule has 3 heteroatoms. The molecule has 1 aromatic rings. The minimum Gasteiger partial charge on any atom is -0.378 e. The fraction of sp³-hybridized carbons (Fsp3) is 0.667. The van der Waals surface area contributed by atoms with Crippen molar-refractivity contribution in [3.8, 4) is 0 Å². The van der Waals surface area contributed by atoms with Gasteiger partial charge in [0.1, 0.15) is 0 Å². The number of nitrogens with one attached hydrogen (secondary N) is 1. The topological polar surface area (TPSA) is 21.3 Å². The van der Waals surface area contributed by atoms with Gasteiger partial charge in [-0.25, -0.2) is 0 Å². The van der Waals surface area contributed by atoms with Gasteiger partial charge in [0, 0.05) is 28.6 Å². The summed E-state index contributed by atoms with van der Waals surface area (Å²) in [4.78, 5) is 0. The predicted octanol–water partition coefficient (Wildman–Crippen LogP) is 4.10. The highest BCUT2D eigenvalue weighted by molar-refractivity contribution is 9.10. The lowest BCUT2D eigenvalue weighted by molar-refractivity contribution is -0.116. The Bertz CT molecular complexity index is 514. The van der Waals surface area contributed by atoms with E-state index in [1.807, 2.05) is 0 Å². The molecule has 0 aromatic heterocycles. The summed E-state index contributed by atoms with van der Waals surface area (Å²) >= 11 is 3.57. The van der Waals surface area contributed by atoms with Crippen molar-refractivity contribution < 1.29 is 4.74 Å². The van der Waals surface area contributed by atoms with Gasteiger partial charge < -0.3 is 10.1 Å². The summed E-state index contributed by atoms with van der Waals surface area (Å²) in [6, 6.07) is 7.94. The zero-order valence-electron chi connectivity index (χ0n) is 13.3. The van der Waals surface area contributed by atoms with E-state index in [2.05, 4.69) is 60.2 Å². The second-order valence-electron chi connectivity index (χ2n) is 7.07. The molecule has 0 heterocycles. The molecule has 116 valence electrons. The van der Waals surface area contributed by atoms with Gasteiger partial charge in [0.2, 0.25) is 0 Å². The van der Waals surface area contributed by atoms with Crippen LogP contribution < -0.4 is 5.32 Å². The van der Waals surface area contributed by atoms with Crippen molar-refractivity contribution in [3.05, 3.63) is 33.8 Å². The molecule has 0 saturated heterocycles. The number of hydrogen-bond donors (Lipinski definition) is 1. The lowest BCUT2D eigenvalue weighted by Crippen LogP contribution is -2.63. The molecule has 1 fully saturated rings. The summed E-state index contributed by atoms with van der Waals surface area (Å²) in [5.74, 6) is 0. The molecule has 3 atom stereocenters. The van der Waals surface area contributed by atoms with E-state index in [4.69, 9.17) is 4.74 Å². The Labute approximate surface area is 136 Å². The van der Waals surface area contributed by atoms with Crippen LogP contribution in [-0.4, -0.2) is 24.8 Å². The second-order valence-corrected chi connectivity index (χ2v) is 7.99. The van der Waals surface area contributed by atoms with Crippen LogP contribution in [0.3, 0.4) is 0 Å². The number of ether oxygens (including phenoxy) is 1. The summed E-state index contributed by atoms with van der Waals surface area (Å²) in [5.41, 5.74) is 3.29. The molecule has 0 amide bonds. The third kappa shape index (κ3) is 3.06. The van der Waals surface area contributed by atoms with Gasteiger partial charge in [0.15, 0.2) is 0 Å². The van der Waals surface area contributed by atoms with E-state index < -0.39 is 0 Å². The summed E-state index contributed by atoms with van der Waals surface area (Å²) in [7, 11) is 0. The summed E-state index contributed by atoms with van der Waals surface area (Å²) < 4.78 is 7.04. The number of hydrogen-bond acceptors (Lipinski definition) is 2. The van der Waals surface area contributed by atoms with E-state index in [1.165, 1.54) is 28.4 Å². The lowest BCUT2D eigenvalue weighted by Gasteiger charge is -2.53. The highest BCUT2D eigenvalue weighted by Crippen LogP contribution is 2.43. The van der Waals surface area contributed by atoms with Crippen LogP contribution in [0.25, 0.3) is 0 Å². The van der Waals surface area contributed by atoms with Gasteiger partial charge >= 0.3 is 0 Å². The van der Waals surface area contributed by atoms with Crippen molar-refractivity contribution in [3.63, 3.8) is 0 Å². The third-order valence-corrected chi connectivity index (χ3v) is 5.87. The summed E-state index contributed by atoms with van der Waals surface area (Å²) in [6.07, 6.45) is 5.18. The fourth-order valence-corrected chi connectivity index (χ4v) is 4.21. The molecule has 2 aliphatic carbocycles. The van der Waals surface area contributed by atoms with Gasteiger partial charge in [-0.2, -0.15) is 0 Å². The van der Waals surface area contributed by atoms with Crippen LogP contribution >= 0.6 is 15.9 Å². The van der Waals surface area contributed by atoms with Crippen LogP contribution in [0.2, 0.25) is 0 Å². The molecule has 1 N–H and O–H groups in total. The third-order valence-electron chi connectivity index (χ3n) is 5.38. The van der Waals surface area contributed by atoms with Crippen LogP contribution in [0.1, 0.15) is 44.7 Å². The van der Waals surface area contributed by atoms with E-state index in [1.54, 1.807) is 0 Å². The van der Waals surface area contributed by atoms with Gasteiger partial charge in [-0.3, -0.25) is 0 Å². The van der Waals surface area contributed by atoms with Gasteiger partial charge in [0.25, 0.3) is 0 Å². The van der Waals surface area contributed by atoms with E-state index in [-0.39, 0.29) is 5.41 Å². The molecule has 0 bridgehead atoms. The smallest absolute Gasteiger partial charge is 0.0655 e. The summed E-state index contributed by atoms with van der Waals surface area (Å²) in [6.45, 7) is 7.59. The van der Waals surface area contributed by atoms with E-state index >= 15 is 0 Å². The van der Waals surface area contributed by atoms with Crippen molar-refractivity contribution >= 4 is 15.9 Å². The van der Waals surface area contributed by atoms with Gasteiger partial charge in [-0.05, 0) is 55.9 Å². The summed E-state index contributed by atoms with van der Waals surface area (Å²) in [5, 5.41) is 3.90. The minimum atomic E-state index is 0.260. The van der Waals surface area contributed by atoms with Crippen molar-refractivity contribution in [2.24, 2.45) is 5.41 Å². The SMILES string of the molecule is CCOC1CC(NC2CCc3cc(Br)ccc3C2)C1(C)C. The molecule has 1 saturated carbocycles. The highest BCUT2D eigenvalue weighted by atomic mass is 79.9. The number of benzene rings is 1. The molecule has 21 heavy (non-hydrogen) atoms. The van der Waals surface area contributed by atoms with Crippen molar-refractivity contribution in [1.29, 1.82) is 0 Å². The number of halogens is 1. The van der Waals surface area contributed by atoms with Crippen LogP contribution in [0.5, 0.6) is 0 Å². The first kappa shape index (κ1) is 15.5. The van der Waals surface area contributed by atoms with Gasteiger partial charge in [0.05, 0.1) is 6.10 Å². The first-order valence-electron chi connectivity index (χ1n) is 8.15. The highest BCUT2D eigenvalue weighted by Gasteiger charge is 2.49. The monoisotopic (exact) mass is 351 g/mol. The van der Waals surface area contributed by atoms with Crippen molar-refractivity contribution in [2.45, 2.75) is 64.6 Å². The quantitative estimate of drug-likeness (QED) is 0.881. The number of rotatable bonds is 4. The zero-order valence-corrected chi connectivity index (χ0v) is 14.9. The van der Waals surface area contributed by atoms with Crippen LogP contribution in [0, 0.1) is 5.41 Å². The predicted molar refractivity (Wildman–Crippen MR) is 90.7 cm³/mol. The molecular formula is C18H26BrNO. The lowest BCUT2D eigenvalue weighted by atomic mass is 9.64. The molecule has 2 nitrogen and oxygen atoms in total. The van der Waals surface area contributed by atoms with Gasteiger partial charge in [-0.1, -0.05) is 35.8 Å². The first-order valence-corrected chi connectivity index (χ1v) is 8.95. The second kappa shape index (κ2) is 6.02. The van der Waals surface area contributed by atoms with E-state index in [0.29, 0.717) is 18.2 Å². The molecule has 0 radical (unpaired) electrons. The average Bonchev–Trinajstić information content (AvgIpc) is 2.46. The maximum Gasteiger partial charge on any atom is 0.0655 e. The fourth-order valence-electron chi connectivity index (χ4n) is 3.80. The van der Waals surface area contributed by atoms with E-state index in [0.717, 1.165) is 19.4 Å². The first-order chi connectivity index (χ1) is 10.0. The Hall–Kier alpha value is -0.380. The normalized spacial score (nSPS) is 30.6. The number of aryl methyl sites for hydroxylation is 1. The van der Waals surface area contributed by atoms with Gasteiger partial charge in [-0.15, -0.1) is 0 Å². The minimum absolute atomic E-state index is 0.260. The Morgan fingerprint density at radius 1 is 1.33 bits per heavy atom. The van der Waals surface area contributed by atoms with Crippen molar-refractivity contribution in [1.82, 2.24) is 5.32 Å². The molecule has 2 aliphatic rings. The molecule has 0 spiro atoms. The van der Waals surface area contributed by atoms with Crippen LogP contribution in [0.4, 0.5) is 0 Å². The Morgan fingerprint density at radius 3 is 2.86 bits per heavy atom. The Balaban J connectivity index is 1.60. The molecule has 0 aliphatic heterocycles. The Morgan fingerprint density at radius 2 is 2.14 bits per heavy atom. The largest absolute Gasteiger partial charge is 0.378 e. The van der Waals surface area contributed by atoms with Crippen molar-refractivity contribution in [2.75, 3.05) is 6.61 Å². The molecule has 3 unspecified atom stereocenters.